The van der Waals surface area contributed by atoms with Crippen LogP contribution in [0.1, 0.15) is 26.3 Å². The van der Waals surface area contributed by atoms with Gasteiger partial charge >= 0.3 is 0 Å². The smallest absolute Gasteiger partial charge is 0.149 e. The molecule has 0 radical (unpaired) electrons. The van der Waals surface area contributed by atoms with Crippen LogP contribution < -0.4 is 0 Å². The fourth-order valence-corrected chi connectivity index (χ4v) is 9.71. The highest BCUT2D eigenvalue weighted by Crippen LogP contribution is 2.48. The van der Waals surface area contributed by atoms with E-state index >= 15 is 0 Å². The summed E-state index contributed by atoms with van der Waals surface area (Å²) in [5.41, 5.74) is 15.5. The van der Waals surface area contributed by atoms with Crippen molar-refractivity contribution in [1.29, 1.82) is 0 Å². The average Bonchev–Trinajstić information content (AvgIpc) is 3.93. The Morgan fingerprint density at radius 1 is 0.469 bits per heavy atom. The second-order valence-corrected chi connectivity index (χ2v) is 17.8. The van der Waals surface area contributed by atoms with Crippen molar-refractivity contribution >= 4 is 54.5 Å². The van der Waals surface area contributed by atoms with Gasteiger partial charge in [0.15, 0.2) is 0 Å². The Morgan fingerprint density at radius 3 is 1.94 bits per heavy atom. The first-order valence-corrected chi connectivity index (χ1v) is 22.0. The molecule has 0 aliphatic rings. The fraction of sp³-hybridized carbons (Fsp3) is 0.0667. The second kappa shape index (κ2) is 14.8. The standard InChI is InChI=1S/C60H43N3O/c1-60(2,3)50-35-40(38-17-6-4-7-18-38)29-31-53(50)63-54-27-13-12-26-52(54)62-59(63)49-37-48-47(42-22-16-23-44(33-42)51-25-14-15-32-61-51)34-43-21-10-11-24-45(43)56(48)57-46-30-28-41(36-55(46)64-58(49)57)39-19-8-5-9-20-39/h4-37H,1-3H3. The van der Waals surface area contributed by atoms with Gasteiger partial charge in [0.05, 0.1) is 28.0 Å². The lowest BCUT2D eigenvalue weighted by Gasteiger charge is -2.26. The van der Waals surface area contributed by atoms with E-state index in [4.69, 9.17) is 14.4 Å². The largest absolute Gasteiger partial charge is 0.455 e. The van der Waals surface area contributed by atoms with Crippen LogP contribution in [0.5, 0.6) is 0 Å². The molecule has 0 bridgehead atoms. The fourth-order valence-electron chi connectivity index (χ4n) is 9.71. The van der Waals surface area contributed by atoms with E-state index in [-0.39, 0.29) is 5.41 Å². The topological polar surface area (TPSA) is 43.9 Å². The van der Waals surface area contributed by atoms with E-state index in [2.05, 4.69) is 213 Å². The molecule has 0 fully saturated rings. The van der Waals surface area contributed by atoms with Crippen LogP contribution in [-0.2, 0) is 5.41 Å². The van der Waals surface area contributed by atoms with Crippen LogP contribution in [0.3, 0.4) is 0 Å². The molecule has 3 aromatic heterocycles. The van der Waals surface area contributed by atoms with Gasteiger partial charge in [-0.25, -0.2) is 4.98 Å². The number of furan rings is 1. The summed E-state index contributed by atoms with van der Waals surface area (Å²) < 4.78 is 9.65. The number of hydrogen-bond acceptors (Lipinski definition) is 3. The van der Waals surface area contributed by atoms with Crippen LogP contribution in [0.2, 0.25) is 0 Å². The van der Waals surface area contributed by atoms with Gasteiger partial charge in [0.1, 0.15) is 17.0 Å². The minimum Gasteiger partial charge on any atom is -0.455 e. The molecular formula is C60H43N3O. The summed E-state index contributed by atoms with van der Waals surface area (Å²) in [6, 6.07) is 71.6. The Bertz CT molecular complexity index is 3740. The molecule has 0 atom stereocenters. The lowest BCUT2D eigenvalue weighted by atomic mass is 9.83. The van der Waals surface area contributed by atoms with Gasteiger partial charge in [-0.1, -0.05) is 154 Å². The number of hydrogen-bond donors (Lipinski definition) is 0. The number of pyridine rings is 1. The van der Waals surface area contributed by atoms with Crippen molar-refractivity contribution in [1.82, 2.24) is 14.5 Å². The second-order valence-electron chi connectivity index (χ2n) is 17.8. The molecule has 304 valence electrons. The molecule has 0 N–H and O–H groups in total. The van der Waals surface area contributed by atoms with Crippen LogP contribution in [-0.4, -0.2) is 14.5 Å². The highest BCUT2D eigenvalue weighted by atomic mass is 16.3. The first-order chi connectivity index (χ1) is 31.4. The third kappa shape index (κ3) is 6.21. The van der Waals surface area contributed by atoms with Crippen LogP contribution in [0.25, 0.3) is 116 Å². The molecule has 12 rings (SSSR count). The predicted octanol–water partition coefficient (Wildman–Crippen LogP) is 16.3. The summed E-state index contributed by atoms with van der Waals surface area (Å²) in [5, 5.41) is 6.77. The van der Waals surface area contributed by atoms with Gasteiger partial charge in [-0.15, -0.1) is 0 Å². The van der Waals surface area contributed by atoms with E-state index in [0.717, 1.165) is 99.7 Å². The lowest BCUT2D eigenvalue weighted by Crippen LogP contribution is -2.16. The number of para-hydroxylation sites is 2. The molecule has 12 aromatic rings. The molecule has 0 spiro atoms. The number of aromatic nitrogens is 3. The van der Waals surface area contributed by atoms with Gasteiger partial charge < -0.3 is 4.42 Å². The van der Waals surface area contributed by atoms with Gasteiger partial charge in [0, 0.05) is 27.9 Å². The molecule has 0 aliphatic heterocycles. The third-order valence-electron chi connectivity index (χ3n) is 12.8. The van der Waals surface area contributed by atoms with E-state index in [1.807, 2.05) is 18.3 Å². The Kier molecular flexibility index (Phi) is 8.70. The molecular weight excluding hydrogens is 779 g/mol. The van der Waals surface area contributed by atoms with E-state index in [9.17, 15) is 0 Å². The summed E-state index contributed by atoms with van der Waals surface area (Å²) in [6.07, 6.45) is 1.86. The van der Waals surface area contributed by atoms with E-state index < -0.39 is 0 Å². The number of nitrogens with zero attached hydrogens (tertiary/aromatic N) is 3. The normalized spacial score (nSPS) is 12.0. The average molecular weight is 822 g/mol. The van der Waals surface area contributed by atoms with Gasteiger partial charge in [-0.2, -0.15) is 0 Å². The molecule has 0 saturated heterocycles. The quantitative estimate of drug-likeness (QED) is 0.157. The maximum absolute atomic E-state index is 7.28. The van der Waals surface area contributed by atoms with E-state index in [1.165, 1.54) is 22.1 Å². The van der Waals surface area contributed by atoms with Gasteiger partial charge in [-0.05, 0) is 127 Å². The van der Waals surface area contributed by atoms with E-state index in [0.29, 0.717) is 0 Å². The van der Waals surface area contributed by atoms with Crippen molar-refractivity contribution in [3.8, 4) is 61.7 Å². The first kappa shape index (κ1) is 37.7. The van der Waals surface area contributed by atoms with Gasteiger partial charge in [-0.3, -0.25) is 9.55 Å². The zero-order valence-corrected chi connectivity index (χ0v) is 35.9. The van der Waals surface area contributed by atoms with E-state index in [1.54, 1.807) is 0 Å². The predicted molar refractivity (Wildman–Crippen MR) is 267 cm³/mol. The Morgan fingerprint density at radius 2 is 1.16 bits per heavy atom. The Hall–Kier alpha value is -8.08. The minimum atomic E-state index is -0.195. The first-order valence-electron chi connectivity index (χ1n) is 22.0. The third-order valence-corrected chi connectivity index (χ3v) is 12.8. The molecule has 0 unspecified atom stereocenters. The summed E-state index contributed by atoms with van der Waals surface area (Å²) in [7, 11) is 0. The summed E-state index contributed by atoms with van der Waals surface area (Å²) >= 11 is 0. The number of fused-ring (bicyclic) bond motifs is 8. The molecule has 4 nitrogen and oxygen atoms in total. The zero-order chi connectivity index (χ0) is 42.9. The van der Waals surface area contributed by atoms with Crippen molar-refractivity contribution < 1.29 is 4.42 Å². The number of imidazole rings is 1. The minimum absolute atomic E-state index is 0.195. The zero-order valence-electron chi connectivity index (χ0n) is 35.9. The summed E-state index contributed by atoms with van der Waals surface area (Å²) in [4.78, 5) is 10.3. The van der Waals surface area contributed by atoms with Crippen molar-refractivity contribution in [3.05, 3.63) is 212 Å². The van der Waals surface area contributed by atoms with Crippen LogP contribution in [0, 0.1) is 0 Å². The van der Waals surface area contributed by atoms with Crippen molar-refractivity contribution in [2.45, 2.75) is 26.2 Å². The molecule has 64 heavy (non-hydrogen) atoms. The van der Waals surface area contributed by atoms with Crippen LogP contribution in [0.4, 0.5) is 0 Å². The SMILES string of the molecule is CC(C)(C)c1cc(-c2ccccc2)ccc1-n1c(-c2cc3c(-c4cccc(-c5ccccn5)c4)cc4ccccc4c3c3c2oc2cc(-c4ccccc4)ccc23)nc2ccccc21. The molecule has 9 aromatic carbocycles. The van der Waals surface area contributed by atoms with Crippen LogP contribution in [0.15, 0.2) is 211 Å². The van der Waals surface area contributed by atoms with Crippen molar-refractivity contribution in [3.63, 3.8) is 0 Å². The summed E-state index contributed by atoms with van der Waals surface area (Å²) in [6.45, 7) is 6.90. The van der Waals surface area contributed by atoms with Gasteiger partial charge in [0.25, 0.3) is 0 Å². The van der Waals surface area contributed by atoms with Crippen LogP contribution >= 0.6 is 0 Å². The molecule has 0 saturated carbocycles. The highest BCUT2D eigenvalue weighted by molar-refractivity contribution is 6.31. The molecule has 0 amide bonds. The maximum atomic E-state index is 7.28. The Labute approximate surface area is 371 Å². The maximum Gasteiger partial charge on any atom is 0.149 e. The monoisotopic (exact) mass is 821 g/mol. The molecule has 0 aliphatic carbocycles. The Balaban J connectivity index is 1.22. The van der Waals surface area contributed by atoms with Gasteiger partial charge in [0.2, 0.25) is 0 Å². The highest BCUT2D eigenvalue weighted by Gasteiger charge is 2.28. The summed E-state index contributed by atoms with van der Waals surface area (Å²) in [5.74, 6) is 0.828. The molecule has 4 heteroatoms. The molecule has 3 heterocycles. The number of benzene rings is 9. The lowest BCUT2D eigenvalue weighted by molar-refractivity contribution is 0.587. The van der Waals surface area contributed by atoms with Crippen molar-refractivity contribution in [2.24, 2.45) is 0 Å². The number of rotatable bonds is 6. The van der Waals surface area contributed by atoms with Crippen molar-refractivity contribution in [2.75, 3.05) is 0 Å².